The highest BCUT2D eigenvalue weighted by molar-refractivity contribution is 5.84. The van der Waals surface area contributed by atoms with Gasteiger partial charge in [0, 0.05) is 6.54 Å². The van der Waals surface area contributed by atoms with E-state index in [2.05, 4.69) is 5.32 Å². The van der Waals surface area contributed by atoms with Gasteiger partial charge >= 0.3 is 5.97 Å². The normalized spacial score (nSPS) is 30.0. The highest BCUT2D eigenvalue weighted by atomic mass is 16.5. The Bertz CT molecular complexity index is 357. The monoisotopic (exact) mass is 256 g/mol. The predicted octanol–water partition coefficient (Wildman–Crippen LogP) is -0.312. The van der Waals surface area contributed by atoms with E-state index in [1.54, 1.807) is 4.90 Å². The number of nitrogens with zero attached hydrogens (tertiary/aromatic N) is 1. The zero-order valence-electron chi connectivity index (χ0n) is 10.9. The van der Waals surface area contributed by atoms with E-state index >= 15 is 0 Å². The Morgan fingerprint density at radius 1 is 1.39 bits per heavy atom. The molecule has 0 bridgehead atoms. The first kappa shape index (κ1) is 13.3. The maximum absolute atomic E-state index is 12.3. The summed E-state index contributed by atoms with van der Waals surface area (Å²) in [7, 11) is 0. The Hall–Kier alpha value is -1.14. The molecule has 1 unspecified atom stereocenters. The van der Waals surface area contributed by atoms with Gasteiger partial charge in [-0.05, 0) is 26.8 Å². The third-order valence-corrected chi connectivity index (χ3v) is 3.77. The molecule has 0 aromatic carbocycles. The molecule has 2 N–H and O–H groups in total. The Morgan fingerprint density at radius 3 is 2.56 bits per heavy atom. The van der Waals surface area contributed by atoms with Gasteiger partial charge in [-0.3, -0.25) is 4.79 Å². The van der Waals surface area contributed by atoms with Crippen molar-refractivity contribution < 1.29 is 19.4 Å². The van der Waals surface area contributed by atoms with Crippen LogP contribution in [-0.2, 0) is 14.3 Å². The summed E-state index contributed by atoms with van der Waals surface area (Å²) in [5.41, 5.74) is -0.815. The molecule has 6 heteroatoms. The Balaban J connectivity index is 1.84. The summed E-state index contributed by atoms with van der Waals surface area (Å²) in [6, 6.07) is 0. The lowest BCUT2D eigenvalue weighted by Crippen LogP contribution is -2.65. The number of carbonyl (C=O) groups is 2. The number of rotatable bonds is 4. The van der Waals surface area contributed by atoms with Crippen molar-refractivity contribution in [1.29, 1.82) is 0 Å². The molecule has 1 atom stereocenters. The number of ether oxygens (including phenoxy) is 1. The molecule has 2 saturated heterocycles. The molecule has 102 valence electrons. The van der Waals surface area contributed by atoms with Crippen LogP contribution < -0.4 is 5.32 Å². The number of likely N-dealkylation sites (tertiary alicyclic amines) is 1. The molecule has 2 aliphatic heterocycles. The SMILES string of the molecule is CC1(OCC(=O)O)CN(C(=O)C2(C)CCNC2)C1. The van der Waals surface area contributed by atoms with Crippen molar-refractivity contribution in [2.45, 2.75) is 25.9 Å². The standard InChI is InChI=1S/C12H20N2O4/c1-11(3-4-13-6-11)10(17)14-7-12(2,8-14)18-5-9(15)16/h13H,3-8H2,1-2H3,(H,15,16). The topological polar surface area (TPSA) is 78.9 Å². The van der Waals surface area contributed by atoms with E-state index < -0.39 is 11.6 Å². The average Bonchev–Trinajstić information content (AvgIpc) is 2.70. The largest absolute Gasteiger partial charge is 0.480 e. The number of hydrogen-bond donors (Lipinski definition) is 2. The number of amides is 1. The van der Waals surface area contributed by atoms with E-state index in [9.17, 15) is 9.59 Å². The minimum Gasteiger partial charge on any atom is -0.480 e. The van der Waals surface area contributed by atoms with Crippen molar-refractivity contribution in [3.05, 3.63) is 0 Å². The molecular formula is C12H20N2O4. The highest BCUT2D eigenvalue weighted by Crippen LogP contribution is 2.33. The Kier molecular flexibility index (Phi) is 3.33. The summed E-state index contributed by atoms with van der Waals surface area (Å²) < 4.78 is 5.29. The number of aliphatic carboxylic acids is 1. The fourth-order valence-corrected chi connectivity index (χ4v) is 2.61. The number of carbonyl (C=O) groups excluding carboxylic acids is 1. The minimum absolute atomic E-state index is 0.143. The van der Waals surface area contributed by atoms with Gasteiger partial charge in [-0.25, -0.2) is 4.79 Å². The molecule has 0 spiro atoms. The van der Waals surface area contributed by atoms with Crippen LogP contribution in [0.2, 0.25) is 0 Å². The molecule has 1 amide bonds. The lowest BCUT2D eigenvalue weighted by molar-refractivity contribution is -0.178. The fraction of sp³-hybridized carbons (Fsp3) is 0.833. The fourth-order valence-electron chi connectivity index (χ4n) is 2.61. The predicted molar refractivity (Wildman–Crippen MR) is 64.2 cm³/mol. The Morgan fingerprint density at radius 2 is 2.06 bits per heavy atom. The van der Waals surface area contributed by atoms with Gasteiger partial charge < -0.3 is 20.1 Å². The molecule has 0 aliphatic carbocycles. The zero-order valence-corrected chi connectivity index (χ0v) is 10.9. The molecular weight excluding hydrogens is 236 g/mol. The van der Waals surface area contributed by atoms with Crippen LogP contribution in [0.1, 0.15) is 20.3 Å². The van der Waals surface area contributed by atoms with E-state index in [-0.39, 0.29) is 17.9 Å². The first-order valence-corrected chi connectivity index (χ1v) is 6.21. The van der Waals surface area contributed by atoms with Gasteiger partial charge in [0.25, 0.3) is 0 Å². The van der Waals surface area contributed by atoms with Crippen LogP contribution in [0.5, 0.6) is 0 Å². The van der Waals surface area contributed by atoms with Gasteiger partial charge in [-0.15, -0.1) is 0 Å². The zero-order chi connectivity index (χ0) is 13.4. The molecule has 2 heterocycles. The van der Waals surface area contributed by atoms with E-state index in [4.69, 9.17) is 9.84 Å². The van der Waals surface area contributed by atoms with Gasteiger partial charge in [-0.2, -0.15) is 0 Å². The molecule has 6 nitrogen and oxygen atoms in total. The maximum atomic E-state index is 12.3. The molecule has 18 heavy (non-hydrogen) atoms. The second kappa shape index (κ2) is 4.51. The lowest BCUT2D eigenvalue weighted by Gasteiger charge is -2.49. The second-order valence-corrected chi connectivity index (χ2v) is 5.78. The van der Waals surface area contributed by atoms with Crippen LogP contribution in [-0.4, -0.2) is 60.3 Å². The molecule has 2 aliphatic rings. The average molecular weight is 256 g/mol. The van der Waals surface area contributed by atoms with Crippen LogP contribution in [0.25, 0.3) is 0 Å². The highest BCUT2D eigenvalue weighted by Gasteiger charge is 2.48. The van der Waals surface area contributed by atoms with Crippen molar-refractivity contribution in [2.24, 2.45) is 5.41 Å². The Labute approximate surface area is 106 Å². The molecule has 0 aromatic rings. The molecule has 0 radical (unpaired) electrons. The van der Waals surface area contributed by atoms with Crippen LogP contribution in [0.3, 0.4) is 0 Å². The minimum atomic E-state index is -0.979. The molecule has 2 rings (SSSR count). The van der Waals surface area contributed by atoms with Crippen molar-refractivity contribution in [2.75, 3.05) is 32.8 Å². The molecule has 2 fully saturated rings. The second-order valence-electron chi connectivity index (χ2n) is 5.78. The van der Waals surface area contributed by atoms with Crippen molar-refractivity contribution in [1.82, 2.24) is 10.2 Å². The number of carboxylic acids is 1. The molecule has 0 saturated carbocycles. The summed E-state index contributed by atoms with van der Waals surface area (Å²) in [6.45, 7) is 6.07. The van der Waals surface area contributed by atoms with Crippen molar-refractivity contribution in [3.8, 4) is 0 Å². The quantitative estimate of drug-likeness (QED) is 0.721. The van der Waals surface area contributed by atoms with Gasteiger partial charge in [0.2, 0.25) is 5.91 Å². The molecule has 0 aromatic heterocycles. The van der Waals surface area contributed by atoms with Crippen LogP contribution in [0.4, 0.5) is 0 Å². The number of carboxylic acid groups (broad SMARTS) is 1. The van der Waals surface area contributed by atoms with Gasteiger partial charge in [-0.1, -0.05) is 0 Å². The van der Waals surface area contributed by atoms with E-state index in [0.717, 1.165) is 19.5 Å². The van der Waals surface area contributed by atoms with Gasteiger partial charge in [0.05, 0.1) is 18.5 Å². The third kappa shape index (κ3) is 2.49. The van der Waals surface area contributed by atoms with Crippen LogP contribution in [0, 0.1) is 5.41 Å². The summed E-state index contributed by atoms with van der Waals surface area (Å²) in [5, 5.41) is 11.8. The number of nitrogens with one attached hydrogen (secondary N) is 1. The van der Waals surface area contributed by atoms with Crippen LogP contribution in [0.15, 0.2) is 0 Å². The smallest absolute Gasteiger partial charge is 0.329 e. The van der Waals surface area contributed by atoms with Gasteiger partial charge in [0.15, 0.2) is 0 Å². The summed E-state index contributed by atoms with van der Waals surface area (Å²) >= 11 is 0. The summed E-state index contributed by atoms with van der Waals surface area (Å²) in [5.74, 6) is -0.836. The maximum Gasteiger partial charge on any atom is 0.329 e. The first-order valence-electron chi connectivity index (χ1n) is 6.21. The van der Waals surface area contributed by atoms with Gasteiger partial charge in [0.1, 0.15) is 12.2 Å². The van der Waals surface area contributed by atoms with Crippen molar-refractivity contribution in [3.63, 3.8) is 0 Å². The van der Waals surface area contributed by atoms with E-state index in [0.29, 0.717) is 13.1 Å². The van der Waals surface area contributed by atoms with Crippen LogP contribution >= 0.6 is 0 Å². The number of hydrogen-bond acceptors (Lipinski definition) is 4. The summed E-state index contributed by atoms with van der Waals surface area (Å²) in [6.07, 6.45) is 0.856. The van der Waals surface area contributed by atoms with Crippen molar-refractivity contribution >= 4 is 11.9 Å². The summed E-state index contributed by atoms with van der Waals surface area (Å²) in [4.78, 5) is 24.5. The lowest BCUT2D eigenvalue weighted by atomic mass is 9.84. The van der Waals surface area contributed by atoms with E-state index in [1.165, 1.54) is 0 Å². The van der Waals surface area contributed by atoms with E-state index in [1.807, 2.05) is 13.8 Å². The first-order chi connectivity index (χ1) is 8.35. The third-order valence-electron chi connectivity index (χ3n) is 3.77.